The lowest BCUT2D eigenvalue weighted by molar-refractivity contribution is 0.0920. The van der Waals surface area contributed by atoms with Crippen molar-refractivity contribution in [1.82, 2.24) is 5.32 Å². The number of benzene rings is 1. The van der Waals surface area contributed by atoms with Gasteiger partial charge >= 0.3 is 0 Å². The lowest BCUT2D eigenvalue weighted by Crippen LogP contribution is -2.49. The van der Waals surface area contributed by atoms with Gasteiger partial charge in [0.15, 0.2) is 0 Å². The zero-order chi connectivity index (χ0) is 12.3. The molecule has 1 amide bonds. The molecule has 0 bridgehead atoms. The molecule has 0 spiro atoms. The largest absolute Gasteiger partial charge is 0.348 e. The van der Waals surface area contributed by atoms with Crippen molar-refractivity contribution in [3.05, 3.63) is 35.4 Å². The van der Waals surface area contributed by atoms with Crippen molar-refractivity contribution in [3.8, 4) is 0 Å². The summed E-state index contributed by atoms with van der Waals surface area (Å²) >= 11 is 0. The van der Waals surface area contributed by atoms with Crippen LogP contribution >= 0.6 is 0 Å². The maximum absolute atomic E-state index is 12.1. The highest BCUT2D eigenvalue weighted by Gasteiger charge is 2.23. The van der Waals surface area contributed by atoms with Gasteiger partial charge in [0.05, 0.1) is 0 Å². The molecule has 2 atom stereocenters. The van der Waals surface area contributed by atoms with Crippen molar-refractivity contribution in [1.29, 1.82) is 0 Å². The van der Waals surface area contributed by atoms with E-state index in [2.05, 4.69) is 5.32 Å². The number of carbonyl (C=O) groups excluding carboxylic acids is 1. The zero-order valence-corrected chi connectivity index (χ0v) is 10.3. The topological polar surface area (TPSA) is 55.1 Å². The van der Waals surface area contributed by atoms with Gasteiger partial charge in [-0.3, -0.25) is 4.79 Å². The maximum Gasteiger partial charge on any atom is 0.251 e. The van der Waals surface area contributed by atoms with Crippen molar-refractivity contribution in [2.45, 2.75) is 44.7 Å². The molecular formula is C14H20N2O. The van der Waals surface area contributed by atoms with Crippen LogP contribution in [0.25, 0.3) is 0 Å². The second kappa shape index (κ2) is 5.32. The molecular weight excluding hydrogens is 212 g/mol. The molecule has 0 aliphatic heterocycles. The molecule has 1 aromatic carbocycles. The number of nitrogens with one attached hydrogen (secondary N) is 1. The molecule has 0 heterocycles. The Balaban J connectivity index is 2.04. The molecule has 1 aliphatic rings. The Bertz CT molecular complexity index is 403. The van der Waals surface area contributed by atoms with E-state index in [1.165, 1.54) is 6.42 Å². The Kier molecular flexibility index (Phi) is 3.79. The summed E-state index contributed by atoms with van der Waals surface area (Å²) in [6.07, 6.45) is 4.35. The van der Waals surface area contributed by atoms with Crippen LogP contribution < -0.4 is 11.1 Å². The second-order valence-electron chi connectivity index (χ2n) is 4.84. The van der Waals surface area contributed by atoms with Crippen molar-refractivity contribution in [2.75, 3.05) is 0 Å². The SMILES string of the molecule is Cc1ccccc1C(=O)N[C@@H]1CCCC[C@H]1N. The van der Waals surface area contributed by atoms with Crippen LogP contribution in [0.4, 0.5) is 0 Å². The minimum atomic E-state index is 0.00505. The van der Waals surface area contributed by atoms with E-state index in [-0.39, 0.29) is 18.0 Å². The fourth-order valence-corrected chi connectivity index (χ4v) is 2.41. The van der Waals surface area contributed by atoms with Crippen LogP contribution in [0.15, 0.2) is 24.3 Å². The fourth-order valence-electron chi connectivity index (χ4n) is 2.41. The van der Waals surface area contributed by atoms with Crippen molar-refractivity contribution in [2.24, 2.45) is 5.73 Å². The van der Waals surface area contributed by atoms with Crippen LogP contribution in [0, 0.1) is 6.92 Å². The van der Waals surface area contributed by atoms with E-state index in [1.54, 1.807) is 0 Å². The van der Waals surface area contributed by atoms with Crippen LogP contribution in [0.2, 0.25) is 0 Å². The maximum atomic E-state index is 12.1. The van der Waals surface area contributed by atoms with E-state index < -0.39 is 0 Å². The number of hydrogen-bond acceptors (Lipinski definition) is 2. The van der Waals surface area contributed by atoms with Crippen molar-refractivity contribution in [3.63, 3.8) is 0 Å². The highest BCUT2D eigenvalue weighted by molar-refractivity contribution is 5.95. The summed E-state index contributed by atoms with van der Waals surface area (Å²) in [6.45, 7) is 1.95. The molecule has 0 saturated heterocycles. The third-order valence-electron chi connectivity index (χ3n) is 3.53. The number of rotatable bonds is 2. The van der Waals surface area contributed by atoms with Gasteiger partial charge in [0, 0.05) is 17.6 Å². The molecule has 0 radical (unpaired) electrons. The minimum absolute atomic E-state index is 0.00505. The molecule has 1 fully saturated rings. The summed E-state index contributed by atoms with van der Waals surface area (Å²) in [4.78, 5) is 12.1. The van der Waals surface area contributed by atoms with Gasteiger partial charge in [-0.1, -0.05) is 31.0 Å². The summed E-state index contributed by atoms with van der Waals surface area (Å²) in [7, 11) is 0. The first-order valence-corrected chi connectivity index (χ1v) is 6.30. The quantitative estimate of drug-likeness (QED) is 0.819. The lowest BCUT2D eigenvalue weighted by atomic mass is 9.90. The smallest absolute Gasteiger partial charge is 0.251 e. The van der Waals surface area contributed by atoms with Gasteiger partial charge in [-0.05, 0) is 31.4 Å². The van der Waals surface area contributed by atoms with Gasteiger partial charge in [0.25, 0.3) is 5.91 Å². The van der Waals surface area contributed by atoms with E-state index in [1.807, 2.05) is 31.2 Å². The molecule has 92 valence electrons. The van der Waals surface area contributed by atoms with Crippen LogP contribution in [0.3, 0.4) is 0 Å². The van der Waals surface area contributed by atoms with Gasteiger partial charge in [-0.2, -0.15) is 0 Å². The predicted octanol–water partition coefficient (Wildman–Crippen LogP) is 1.99. The van der Waals surface area contributed by atoms with E-state index >= 15 is 0 Å². The van der Waals surface area contributed by atoms with Crippen LogP contribution in [-0.2, 0) is 0 Å². The first-order chi connectivity index (χ1) is 8.18. The highest BCUT2D eigenvalue weighted by atomic mass is 16.1. The summed E-state index contributed by atoms with van der Waals surface area (Å²) in [5.41, 5.74) is 7.79. The summed E-state index contributed by atoms with van der Waals surface area (Å²) < 4.78 is 0. The van der Waals surface area contributed by atoms with E-state index in [9.17, 15) is 4.79 Å². The molecule has 1 saturated carbocycles. The number of carbonyl (C=O) groups is 1. The number of aryl methyl sites for hydroxylation is 1. The Morgan fingerprint density at radius 1 is 1.29 bits per heavy atom. The highest BCUT2D eigenvalue weighted by Crippen LogP contribution is 2.17. The van der Waals surface area contributed by atoms with Crippen LogP contribution in [0.1, 0.15) is 41.6 Å². The summed E-state index contributed by atoms with van der Waals surface area (Å²) in [5, 5.41) is 3.06. The fraction of sp³-hybridized carbons (Fsp3) is 0.500. The average molecular weight is 232 g/mol. The van der Waals surface area contributed by atoms with Gasteiger partial charge < -0.3 is 11.1 Å². The third kappa shape index (κ3) is 2.86. The lowest BCUT2D eigenvalue weighted by Gasteiger charge is -2.29. The first-order valence-electron chi connectivity index (χ1n) is 6.30. The average Bonchev–Trinajstić information content (AvgIpc) is 2.32. The Morgan fingerprint density at radius 2 is 2.00 bits per heavy atom. The Hall–Kier alpha value is -1.35. The van der Waals surface area contributed by atoms with Gasteiger partial charge in [0.2, 0.25) is 0 Å². The van der Waals surface area contributed by atoms with Gasteiger partial charge in [0.1, 0.15) is 0 Å². The molecule has 0 unspecified atom stereocenters. The standard InChI is InChI=1S/C14H20N2O/c1-10-6-2-3-7-11(10)14(17)16-13-9-5-4-8-12(13)15/h2-3,6-7,12-13H,4-5,8-9,15H2,1H3,(H,16,17)/t12-,13-/m1/s1. The third-order valence-corrected chi connectivity index (χ3v) is 3.53. The Morgan fingerprint density at radius 3 is 2.71 bits per heavy atom. The molecule has 3 heteroatoms. The van der Waals surface area contributed by atoms with E-state index in [0.29, 0.717) is 0 Å². The molecule has 17 heavy (non-hydrogen) atoms. The normalized spacial score (nSPS) is 24.4. The minimum Gasteiger partial charge on any atom is -0.348 e. The van der Waals surface area contributed by atoms with Crippen LogP contribution in [-0.4, -0.2) is 18.0 Å². The second-order valence-corrected chi connectivity index (χ2v) is 4.84. The van der Waals surface area contributed by atoms with Crippen LogP contribution in [0.5, 0.6) is 0 Å². The first kappa shape index (κ1) is 12.1. The van der Waals surface area contributed by atoms with Crippen molar-refractivity contribution >= 4 is 5.91 Å². The number of nitrogens with two attached hydrogens (primary N) is 1. The Labute approximate surface area is 102 Å². The molecule has 2 rings (SSSR count). The van der Waals surface area contributed by atoms with E-state index in [0.717, 1.165) is 30.4 Å². The summed E-state index contributed by atoms with van der Waals surface area (Å²) in [6, 6.07) is 7.89. The molecule has 3 N–H and O–H groups in total. The number of hydrogen-bond donors (Lipinski definition) is 2. The molecule has 0 aromatic heterocycles. The monoisotopic (exact) mass is 232 g/mol. The molecule has 1 aliphatic carbocycles. The zero-order valence-electron chi connectivity index (χ0n) is 10.3. The van der Waals surface area contributed by atoms with Gasteiger partial charge in [-0.15, -0.1) is 0 Å². The number of amides is 1. The predicted molar refractivity (Wildman–Crippen MR) is 68.9 cm³/mol. The summed E-state index contributed by atoms with van der Waals surface area (Å²) in [5.74, 6) is 0.00505. The molecule has 3 nitrogen and oxygen atoms in total. The van der Waals surface area contributed by atoms with Crippen molar-refractivity contribution < 1.29 is 4.79 Å². The van der Waals surface area contributed by atoms with E-state index in [4.69, 9.17) is 5.73 Å². The molecule has 1 aromatic rings. The van der Waals surface area contributed by atoms with Gasteiger partial charge in [-0.25, -0.2) is 0 Å².